The minimum absolute atomic E-state index is 0.00939. The fourth-order valence-electron chi connectivity index (χ4n) is 2.35. The standard InChI is InChI=1S/C11H17F3N2O/c1-2-9(5-6-15-7-9)8(17)16-10(3-4-10)11(12,13)14/h15H,2-7H2,1H3,(H,16,17). The maximum Gasteiger partial charge on any atom is 0.411 e. The highest BCUT2D eigenvalue weighted by atomic mass is 19.4. The summed E-state index contributed by atoms with van der Waals surface area (Å²) in [4.78, 5) is 12.0. The van der Waals surface area contributed by atoms with Gasteiger partial charge in [-0.05, 0) is 32.2 Å². The van der Waals surface area contributed by atoms with Gasteiger partial charge in [0.2, 0.25) is 5.91 Å². The van der Waals surface area contributed by atoms with Crippen LogP contribution in [0.2, 0.25) is 0 Å². The lowest BCUT2D eigenvalue weighted by Crippen LogP contribution is -2.53. The number of nitrogens with one attached hydrogen (secondary N) is 2. The van der Waals surface area contributed by atoms with Crippen molar-refractivity contribution >= 4 is 5.91 Å². The molecule has 2 N–H and O–H groups in total. The quantitative estimate of drug-likeness (QED) is 0.798. The van der Waals surface area contributed by atoms with Crippen LogP contribution in [0.15, 0.2) is 0 Å². The number of hydrogen-bond donors (Lipinski definition) is 2. The van der Waals surface area contributed by atoms with Gasteiger partial charge in [0.05, 0.1) is 5.41 Å². The topological polar surface area (TPSA) is 41.1 Å². The summed E-state index contributed by atoms with van der Waals surface area (Å²) >= 11 is 0. The molecule has 6 heteroatoms. The third kappa shape index (κ3) is 2.03. The smallest absolute Gasteiger partial charge is 0.341 e. The van der Waals surface area contributed by atoms with Crippen molar-refractivity contribution < 1.29 is 18.0 Å². The number of carbonyl (C=O) groups excluding carboxylic acids is 1. The zero-order chi connectivity index (χ0) is 12.7. The van der Waals surface area contributed by atoms with Gasteiger partial charge in [-0.3, -0.25) is 4.79 Å². The normalized spacial score (nSPS) is 31.3. The van der Waals surface area contributed by atoms with E-state index in [1.54, 1.807) is 0 Å². The maximum absolute atomic E-state index is 12.7. The maximum atomic E-state index is 12.7. The van der Waals surface area contributed by atoms with Crippen LogP contribution in [0.1, 0.15) is 32.6 Å². The molecule has 1 amide bonds. The molecule has 0 aromatic heterocycles. The molecule has 2 aliphatic rings. The van der Waals surface area contributed by atoms with Gasteiger partial charge < -0.3 is 10.6 Å². The van der Waals surface area contributed by atoms with Crippen LogP contribution < -0.4 is 10.6 Å². The van der Waals surface area contributed by atoms with Gasteiger partial charge in [-0.25, -0.2) is 0 Å². The summed E-state index contributed by atoms with van der Waals surface area (Å²) in [6, 6.07) is 0. The molecule has 1 saturated heterocycles. The predicted molar refractivity (Wildman–Crippen MR) is 56.4 cm³/mol. The molecule has 2 fully saturated rings. The van der Waals surface area contributed by atoms with Gasteiger partial charge in [0.1, 0.15) is 5.54 Å². The lowest BCUT2D eigenvalue weighted by Gasteiger charge is -2.29. The Kier molecular flexibility index (Phi) is 2.88. The van der Waals surface area contributed by atoms with E-state index in [1.807, 2.05) is 6.92 Å². The van der Waals surface area contributed by atoms with Crippen LogP contribution in [0, 0.1) is 5.41 Å². The average molecular weight is 250 g/mol. The molecule has 0 aromatic rings. The first kappa shape index (κ1) is 12.7. The van der Waals surface area contributed by atoms with Crippen LogP contribution in [-0.2, 0) is 4.79 Å². The molecule has 2 rings (SSSR count). The van der Waals surface area contributed by atoms with Gasteiger partial charge in [-0.15, -0.1) is 0 Å². The lowest BCUT2D eigenvalue weighted by molar-refractivity contribution is -0.173. The van der Waals surface area contributed by atoms with Crippen molar-refractivity contribution in [2.24, 2.45) is 5.41 Å². The first-order valence-corrected chi connectivity index (χ1v) is 5.95. The van der Waals surface area contributed by atoms with Crippen molar-refractivity contribution in [3.05, 3.63) is 0 Å². The van der Waals surface area contributed by atoms with Crippen LogP contribution >= 0.6 is 0 Å². The first-order valence-electron chi connectivity index (χ1n) is 5.95. The van der Waals surface area contributed by atoms with Crippen molar-refractivity contribution in [2.45, 2.75) is 44.3 Å². The summed E-state index contributed by atoms with van der Waals surface area (Å²) in [6.07, 6.45) is -3.13. The molecule has 0 bridgehead atoms. The third-order valence-electron chi connectivity index (χ3n) is 4.05. The molecular formula is C11H17F3N2O. The third-order valence-corrected chi connectivity index (χ3v) is 4.05. The van der Waals surface area contributed by atoms with Crippen molar-refractivity contribution in [3.63, 3.8) is 0 Å². The number of hydrogen-bond acceptors (Lipinski definition) is 2. The summed E-state index contributed by atoms with van der Waals surface area (Å²) < 4.78 is 38.2. The van der Waals surface area contributed by atoms with Crippen LogP contribution in [0.3, 0.4) is 0 Å². The van der Waals surface area contributed by atoms with Gasteiger partial charge >= 0.3 is 6.18 Å². The highest BCUT2D eigenvalue weighted by Crippen LogP contribution is 2.49. The molecule has 0 spiro atoms. The molecule has 0 radical (unpaired) electrons. The van der Waals surface area contributed by atoms with Gasteiger partial charge in [0.15, 0.2) is 0 Å². The molecule has 1 heterocycles. The Hall–Kier alpha value is -0.780. The highest BCUT2D eigenvalue weighted by molar-refractivity contribution is 5.84. The molecule has 1 atom stereocenters. The minimum atomic E-state index is -4.33. The van der Waals surface area contributed by atoms with E-state index in [0.29, 0.717) is 25.9 Å². The SMILES string of the molecule is CCC1(C(=O)NC2(C(F)(F)F)CC2)CCNC1. The summed E-state index contributed by atoms with van der Waals surface area (Å²) in [5.74, 6) is -0.445. The van der Waals surface area contributed by atoms with E-state index < -0.39 is 23.0 Å². The van der Waals surface area contributed by atoms with Gasteiger partial charge in [-0.2, -0.15) is 13.2 Å². The summed E-state index contributed by atoms with van der Waals surface area (Å²) in [5.41, 5.74) is -2.59. The van der Waals surface area contributed by atoms with Crippen LogP contribution in [0.4, 0.5) is 13.2 Å². The van der Waals surface area contributed by atoms with Crippen molar-refractivity contribution in [1.29, 1.82) is 0 Å². The minimum Gasteiger partial charge on any atom is -0.341 e. The Balaban J connectivity index is 2.07. The Labute approximate surface area is 98.1 Å². The molecule has 17 heavy (non-hydrogen) atoms. The second-order valence-corrected chi connectivity index (χ2v) is 5.09. The zero-order valence-corrected chi connectivity index (χ0v) is 9.78. The fraction of sp³-hybridized carbons (Fsp3) is 0.909. The van der Waals surface area contributed by atoms with E-state index in [9.17, 15) is 18.0 Å². The molecule has 3 nitrogen and oxygen atoms in total. The van der Waals surface area contributed by atoms with Crippen LogP contribution in [0.5, 0.6) is 0 Å². The summed E-state index contributed by atoms with van der Waals surface area (Å²) in [6.45, 7) is 3.02. The van der Waals surface area contributed by atoms with E-state index in [-0.39, 0.29) is 12.8 Å². The van der Waals surface area contributed by atoms with E-state index in [4.69, 9.17) is 0 Å². The van der Waals surface area contributed by atoms with Crippen LogP contribution in [0.25, 0.3) is 0 Å². The molecule has 98 valence electrons. The highest BCUT2D eigenvalue weighted by Gasteiger charge is 2.65. The van der Waals surface area contributed by atoms with E-state index >= 15 is 0 Å². The number of halogens is 3. The Morgan fingerprint density at radius 3 is 2.35 bits per heavy atom. The number of amides is 1. The number of carbonyl (C=O) groups is 1. The van der Waals surface area contributed by atoms with Crippen molar-refractivity contribution in [1.82, 2.24) is 10.6 Å². The molecule has 1 aliphatic heterocycles. The van der Waals surface area contributed by atoms with Gasteiger partial charge in [0, 0.05) is 6.54 Å². The monoisotopic (exact) mass is 250 g/mol. The second-order valence-electron chi connectivity index (χ2n) is 5.09. The zero-order valence-electron chi connectivity index (χ0n) is 9.78. The molecule has 1 aliphatic carbocycles. The van der Waals surface area contributed by atoms with Gasteiger partial charge in [-0.1, -0.05) is 6.92 Å². The van der Waals surface area contributed by atoms with E-state index in [2.05, 4.69) is 10.6 Å². The largest absolute Gasteiger partial charge is 0.411 e. The fourth-order valence-corrected chi connectivity index (χ4v) is 2.35. The Bertz CT molecular complexity index is 317. The Morgan fingerprint density at radius 2 is 2.00 bits per heavy atom. The average Bonchev–Trinajstić information content (AvgIpc) is 2.89. The molecule has 0 aromatic carbocycles. The molecule has 1 saturated carbocycles. The number of rotatable bonds is 3. The second kappa shape index (κ2) is 3.86. The van der Waals surface area contributed by atoms with Crippen molar-refractivity contribution in [2.75, 3.05) is 13.1 Å². The van der Waals surface area contributed by atoms with Crippen LogP contribution in [-0.4, -0.2) is 30.7 Å². The van der Waals surface area contributed by atoms with Gasteiger partial charge in [0.25, 0.3) is 0 Å². The Morgan fingerprint density at radius 1 is 1.35 bits per heavy atom. The van der Waals surface area contributed by atoms with E-state index in [1.165, 1.54) is 0 Å². The summed E-state index contributed by atoms with van der Waals surface area (Å²) in [5, 5.41) is 5.28. The first-order chi connectivity index (χ1) is 7.85. The predicted octanol–water partition coefficient (Wildman–Crippen LogP) is 1.59. The summed E-state index contributed by atoms with van der Waals surface area (Å²) in [7, 11) is 0. The van der Waals surface area contributed by atoms with Crippen molar-refractivity contribution in [3.8, 4) is 0 Å². The van der Waals surface area contributed by atoms with E-state index in [0.717, 1.165) is 0 Å². The molecular weight excluding hydrogens is 233 g/mol. The number of alkyl halides is 3. The molecule has 1 unspecified atom stereocenters. The lowest BCUT2D eigenvalue weighted by atomic mass is 9.83.